The van der Waals surface area contributed by atoms with Crippen LogP contribution < -0.4 is 4.90 Å². The van der Waals surface area contributed by atoms with Gasteiger partial charge in [0.05, 0.1) is 6.42 Å². The molecule has 2 aliphatic rings. The van der Waals surface area contributed by atoms with Gasteiger partial charge in [-0.25, -0.2) is 8.42 Å². The Morgan fingerprint density at radius 1 is 1.00 bits per heavy atom. The van der Waals surface area contributed by atoms with Crippen molar-refractivity contribution in [1.29, 1.82) is 0 Å². The summed E-state index contributed by atoms with van der Waals surface area (Å²) in [4.78, 5) is 15.3. The average Bonchev–Trinajstić information content (AvgIpc) is 3.29. The minimum absolute atomic E-state index is 0.0266. The van der Waals surface area contributed by atoms with Gasteiger partial charge < -0.3 is 4.90 Å². The topological polar surface area (TPSA) is 57.7 Å². The summed E-state index contributed by atoms with van der Waals surface area (Å²) < 4.78 is 27.4. The zero-order chi connectivity index (χ0) is 18.1. The van der Waals surface area contributed by atoms with Crippen LogP contribution in [0.25, 0.3) is 0 Å². The van der Waals surface area contributed by atoms with E-state index in [4.69, 9.17) is 0 Å². The third-order valence-electron chi connectivity index (χ3n) is 5.06. The van der Waals surface area contributed by atoms with Crippen molar-refractivity contribution in [3.05, 3.63) is 46.8 Å². The van der Waals surface area contributed by atoms with Gasteiger partial charge in [-0.3, -0.25) is 4.79 Å². The molecule has 0 radical (unpaired) electrons. The summed E-state index contributed by atoms with van der Waals surface area (Å²) in [5.74, 6) is 0.0266. The van der Waals surface area contributed by atoms with Crippen LogP contribution in [0.4, 0.5) is 5.69 Å². The van der Waals surface area contributed by atoms with E-state index in [-0.39, 0.29) is 12.3 Å². The first-order valence-electron chi connectivity index (χ1n) is 9.03. The fraction of sp³-hybridized carbons (Fsp3) is 0.421. The maximum atomic E-state index is 12.7. The smallest absolute Gasteiger partial charge is 0.252 e. The molecule has 4 rings (SSSR count). The molecule has 0 spiro atoms. The second kappa shape index (κ2) is 7.13. The minimum atomic E-state index is -3.42. The largest absolute Gasteiger partial charge is 0.312 e. The van der Waals surface area contributed by atoms with Gasteiger partial charge in [0.1, 0.15) is 4.21 Å². The summed E-state index contributed by atoms with van der Waals surface area (Å²) in [6.45, 7) is 1.89. The SMILES string of the molecule is O=C(Cc1ccc(S(=O)(=O)N2CCCCC2)s1)N1CCc2ccccc21. The molecule has 0 N–H and O–H groups in total. The lowest BCUT2D eigenvalue weighted by molar-refractivity contribution is -0.117. The van der Waals surface area contributed by atoms with Crippen LogP contribution in [0.3, 0.4) is 0 Å². The van der Waals surface area contributed by atoms with Gasteiger partial charge in [-0.2, -0.15) is 4.31 Å². The Morgan fingerprint density at radius 2 is 1.77 bits per heavy atom. The summed E-state index contributed by atoms with van der Waals surface area (Å²) in [5.41, 5.74) is 2.18. The quantitative estimate of drug-likeness (QED) is 0.806. The number of para-hydroxylation sites is 1. The highest BCUT2D eigenvalue weighted by Crippen LogP contribution is 2.30. The molecule has 1 aromatic heterocycles. The van der Waals surface area contributed by atoms with Crippen LogP contribution in [-0.2, 0) is 27.7 Å². The monoisotopic (exact) mass is 390 g/mol. The number of nitrogens with zero attached hydrogens (tertiary/aromatic N) is 2. The minimum Gasteiger partial charge on any atom is -0.312 e. The van der Waals surface area contributed by atoms with Gasteiger partial charge in [0.15, 0.2) is 0 Å². The Kier molecular flexibility index (Phi) is 4.86. The van der Waals surface area contributed by atoms with Crippen molar-refractivity contribution in [2.45, 2.75) is 36.3 Å². The lowest BCUT2D eigenvalue weighted by Gasteiger charge is -2.25. The Morgan fingerprint density at radius 3 is 2.58 bits per heavy atom. The number of hydrogen-bond acceptors (Lipinski definition) is 4. The summed E-state index contributed by atoms with van der Waals surface area (Å²) in [7, 11) is -3.42. The molecule has 0 bridgehead atoms. The van der Waals surface area contributed by atoms with Crippen molar-refractivity contribution in [2.24, 2.45) is 0 Å². The van der Waals surface area contributed by atoms with Gasteiger partial charge in [0.25, 0.3) is 10.0 Å². The number of carbonyl (C=O) groups is 1. The van der Waals surface area contributed by atoms with Crippen LogP contribution in [0, 0.1) is 0 Å². The van der Waals surface area contributed by atoms with Gasteiger partial charge in [-0.15, -0.1) is 11.3 Å². The molecule has 1 aromatic carbocycles. The maximum absolute atomic E-state index is 12.7. The highest BCUT2D eigenvalue weighted by molar-refractivity contribution is 7.91. The van der Waals surface area contributed by atoms with E-state index < -0.39 is 10.0 Å². The van der Waals surface area contributed by atoms with Crippen LogP contribution in [0.2, 0.25) is 0 Å². The first-order chi connectivity index (χ1) is 12.6. The number of hydrogen-bond donors (Lipinski definition) is 0. The summed E-state index contributed by atoms with van der Waals surface area (Å²) >= 11 is 1.22. The van der Waals surface area contributed by atoms with Crippen molar-refractivity contribution in [3.63, 3.8) is 0 Å². The van der Waals surface area contributed by atoms with Crippen molar-refractivity contribution >= 4 is 33.0 Å². The van der Waals surface area contributed by atoms with Crippen molar-refractivity contribution in [3.8, 4) is 0 Å². The molecule has 138 valence electrons. The number of benzene rings is 1. The molecule has 3 heterocycles. The van der Waals surface area contributed by atoms with Crippen LogP contribution in [0.5, 0.6) is 0 Å². The average molecular weight is 391 g/mol. The Balaban J connectivity index is 1.48. The number of amides is 1. The zero-order valence-corrected chi connectivity index (χ0v) is 16.2. The van der Waals surface area contributed by atoms with Crippen molar-refractivity contribution in [1.82, 2.24) is 4.31 Å². The number of sulfonamides is 1. The van der Waals surface area contributed by atoms with E-state index in [2.05, 4.69) is 6.07 Å². The molecule has 1 saturated heterocycles. The second-order valence-electron chi connectivity index (χ2n) is 6.79. The lowest BCUT2D eigenvalue weighted by atomic mass is 10.2. The summed E-state index contributed by atoms with van der Waals surface area (Å²) in [6.07, 6.45) is 4.05. The molecule has 2 aliphatic heterocycles. The van der Waals surface area contributed by atoms with E-state index in [1.165, 1.54) is 16.9 Å². The molecule has 1 amide bonds. The van der Waals surface area contributed by atoms with E-state index in [1.54, 1.807) is 16.4 Å². The summed E-state index contributed by atoms with van der Waals surface area (Å²) in [6, 6.07) is 11.4. The molecule has 0 aliphatic carbocycles. The molecule has 7 heteroatoms. The highest BCUT2D eigenvalue weighted by Gasteiger charge is 2.28. The normalized spacial score (nSPS) is 18.1. The predicted octanol–water partition coefficient (Wildman–Crippen LogP) is 3.05. The maximum Gasteiger partial charge on any atom is 0.252 e. The predicted molar refractivity (Wildman–Crippen MR) is 103 cm³/mol. The number of thiophene rings is 1. The van der Waals surface area contributed by atoms with E-state index in [0.717, 1.165) is 36.2 Å². The van der Waals surface area contributed by atoms with Gasteiger partial charge >= 0.3 is 0 Å². The fourth-order valence-corrected chi connectivity index (χ4v) is 6.68. The first-order valence-corrected chi connectivity index (χ1v) is 11.3. The molecule has 2 aromatic rings. The van der Waals surface area contributed by atoms with E-state index >= 15 is 0 Å². The number of carbonyl (C=O) groups excluding carboxylic acids is 1. The molecule has 0 atom stereocenters. The van der Waals surface area contributed by atoms with Gasteiger partial charge in [-0.05, 0) is 43.0 Å². The van der Waals surface area contributed by atoms with E-state index in [1.807, 2.05) is 23.1 Å². The van der Waals surface area contributed by atoms with Crippen molar-refractivity contribution < 1.29 is 13.2 Å². The van der Waals surface area contributed by atoms with Crippen LogP contribution in [-0.4, -0.2) is 38.3 Å². The lowest BCUT2D eigenvalue weighted by Crippen LogP contribution is -2.35. The molecule has 26 heavy (non-hydrogen) atoms. The van der Waals surface area contributed by atoms with Crippen LogP contribution >= 0.6 is 11.3 Å². The fourth-order valence-electron chi connectivity index (χ4n) is 3.67. The third kappa shape index (κ3) is 3.31. The second-order valence-corrected chi connectivity index (χ2v) is 10.1. The number of anilines is 1. The Bertz CT molecular complexity index is 914. The number of fused-ring (bicyclic) bond motifs is 1. The van der Waals surface area contributed by atoms with Gasteiger partial charge in [0, 0.05) is 30.2 Å². The van der Waals surface area contributed by atoms with Crippen LogP contribution in [0.15, 0.2) is 40.6 Å². The highest BCUT2D eigenvalue weighted by atomic mass is 32.2. The van der Waals surface area contributed by atoms with Gasteiger partial charge in [-0.1, -0.05) is 24.6 Å². The standard InChI is InChI=1S/C19H22N2O3S2/c22-18(21-13-10-15-6-2-3-7-17(15)21)14-16-8-9-19(25-16)26(23,24)20-11-4-1-5-12-20/h2-3,6-9H,1,4-5,10-14H2. The number of piperidine rings is 1. The van der Waals surface area contributed by atoms with E-state index in [9.17, 15) is 13.2 Å². The number of rotatable bonds is 4. The van der Waals surface area contributed by atoms with E-state index in [0.29, 0.717) is 23.8 Å². The molecule has 5 nitrogen and oxygen atoms in total. The molecule has 0 saturated carbocycles. The first kappa shape index (κ1) is 17.7. The van der Waals surface area contributed by atoms with Gasteiger partial charge in [0.2, 0.25) is 5.91 Å². The Hall–Kier alpha value is -1.70. The molecular formula is C19H22N2O3S2. The third-order valence-corrected chi connectivity index (χ3v) is 8.51. The zero-order valence-electron chi connectivity index (χ0n) is 14.6. The van der Waals surface area contributed by atoms with Crippen molar-refractivity contribution in [2.75, 3.05) is 24.5 Å². The van der Waals surface area contributed by atoms with Crippen LogP contribution in [0.1, 0.15) is 29.7 Å². The molecular weight excluding hydrogens is 368 g/mol. The summed E-state index contributed by atoms with van der Waals surface area (Å²) in [5, 5.41) is 0. The molecule has 0 unspecified atom stereocenters. The molecule has 1 fully saturated rings. The Labute approximate surface area is 158 Å².